The van der Waals surface area contributed by atoms with Crippen molar-refractivity contribution in [3.8, 4) is 0 Å². The number of rotatable bonds is 2. The standard InChI is InChI=1S/C28H32N2/c29-23-16-12-19-11-13-22-27-21(15-14-20(23)24(19)27)25(17-7-3-1-4-8-17)26(28(22)30)18-9-5-2-6-10-18/h11-18H,1-10,29-30H2. The molecule has 0 aromatic heterocycles. The van der Waals surface area contributed by atoms with Crippen LogP contribution in [0.2, 0.25) is 0 Å². The summed E-state index contributed by atoms with van der Waals surface area (Å²) in [4.78, 5) is 0. The minimum atomic E-state index is 0.627. The molecule has 2 aliphatic rings. The topological polar surface area (TPSA) is 52.0 Å². The molecule has 0 atom stereocenters. The van der Waals surface area contributed by atoms with Crippen LogP contribution in [0.4, 0.5) is 11.4 Å². The summed E-state index contributed by atoms with van der Waals surface area (Å²) in [6.45, 7) is 0. The van der Waals surface area contributed by atoms with Gasteiger partial charge in [-0.3, -0.25) is 0 Å². The van der Waals surface area contributed by atoms with Gasteiger partial charge in [0.2, 0.25) is 0 Å². The molecule has 2 aliphatic carbocycles. The lowest BCUT2D eigenvalue weighted by Gasteiger charge is -2.33. The maximum absolute atomic E-state index is 7.07. The Labute approximate surface area is 179 Å². The molecule has 0 unspecified atom stereocenters. The Bertz CT molecular complexity index is 1230. The first-order valence-electron chi connectivity index (χ1n) is 12.0. The van der Waals surface area contributed by atoms with E-state index in [0.29, 0.717) is 11.8 Å². The van der Waals surface area contributed by atoms with E-state index in [1.54, 1.807) is 5.56 Å². The van der Waals surface area contributed by atoms with Crippen molar-refractivity contribution in [1.29, 1.82) is 0 Å². The SMILES string of the molecule is Nc1ccc2ccc3c(N)c(C4CCCCC4)c(C4CCCCC4)c4ccc1c2c34. The summed E-state index contributed by atoms with van der Waals surface area (Å²) in [5, 5.41) is 7.81. The van der Waals surface area contributed by atoms with Gasteiger partial charge in [-0.1, -0.05) is 68.9 Å². The van der Waals surface area contributed by atoms with Crippen molar-refractivity contribution in [2.75, 3.05) is 11.5 Å². The average Bonchev–Trinajstić information content (AvgIpc) is 2.80. The van der Waals surface area contributed by atoms with Crippen LogP contribution in [0.15, 0.2) is 36.4 Å². The minimum absolute atomic E-state index is 0.627. The number of anilines is 2. The van der Waals surface area contributed by atoms with Gasteiger partial charge in [0.1, 0.15) is 0 Å². The predicted molar refractivity (Wildman–Crippen MR) is 131 cm³/mol. The lowest BCUT2D eigenvalue weighted by atomic mass is 9.72. The monoisotopic (exact) mass is 396 g/mol. The van der Waals surface area contributed by atoms with E-state index in [2.05, 4.69) is 30.3 Å². The largest absolute Gasteiger partial charge is 0.398 e. The Hall–Kier alpha value is -2.48. The Morgan fingerprint density at radius 1 is 0.533 bits per heavy atom. The van der Waals surface area contributed by atoms with Crippen LogP contribution < -0.4 is 11.5 Å². The van der Waals surface area contributed by atoms with Crippen LogP contribution in [0, 0.1) is 0 Å². The molecule has 0 amide bonds. The van der Waals surface area contributed by atoms with Gasteiger partial charge < -0.3 is 11.5 Å². The Kier molecular flexibility index (Phi) is 4.30. The van der Waals surface area contributed by atoms with E-state index in [1.165, 1.54) is 102 Å². The third-order valence-corrected chi connectivity index (χ3v) is 8.13. The van der Waals surface area contributed by atoms with Gasteiger partial charge in [-0.25, -0.2) is 0 Å². The number of hydrogen-bond acceptors (Lipinski definition) is 2. The van der Waals surface area contributed by atoms with Crippen LogP contribution in [0.1, 0.15) is 87.2 Å². The van der Waals surface area contributed by atoms with Crippen molar-refractivity contribution < 1.29 is 0 Å². The van der Waals surface area contributed by atoms with Gasteiger partial charge in [0, 0.05) is 22.1 Å². The average molecular weight is 397 g/mol. The third kappa shape index (κ3) is 2.62. The van der Waals surface area contributed by atoms with Crippen LogP contribution in [0.25, 0.3) is 32.3 Å². The molecule has 4 aromatic carbocycles. The lowest BCUT2D eigenvalue weighted by molar-refractivity contribution is 0.421. The van der Waals surface area contributed by atoms with Gasteiger partial charge in [0.25, 0.3) is 0 Å². The number of nitrogens with two attached hydrogens (primary N) is 2. The number of hydrogen-bond donors (Lipinski definition) is 2. The van der Waals surface area contributed by atoms with Crippen molar-refractivity contribution >= 4 is 43.7 Å². The van der Waals surface area contributed by atoms with E-state index in [0.717, 1.165) is 11.4 Å². The van der Waals surface area contributed by atoms with Crippen molar-refractivity contribution in [1.82, 2.24) is 0 Å². The molecule has 154 valence electrons. The first-order chi connectivity index (χ1) is 14.7. The second kappa shape index (κ2) is 7.04. The Morgan fingerprint density at radius 2 is 1.10 bits per heavy atom. The first kappa shape index (κ1) is 18.3. The van der Waals surface area contributed by atoms with Crippen LogP contribution >= 0.6 is 0 Å². The molecule has 2 saturated carbocycles. The van der Waals surface area contributed by atoms with E-state index in [4.69, 9.17) is 11.5 Å². The van der Waals surface area contributed by atoms with Gasteiger partial charge in [0.05, 0.1) is 0 Å². The fourth-order valence-electron chi connectivity index (χ4n) is 6.72. The molecule has 4 N–H and O–H groups in total. The van der Waals surface area contributed by atoms with Crippen LogP contribution in [0.3, 0.4) is 0 Å². The fraction of sp³-hybridized carbons (Fsp3) is 0.429. The summed E-state index contributed by atoms with van der Waals surface area (Å²) >= 11 is 0. The number of benzene rings is 4. The normalized spacial score (nSPS) is 19.3. The van der Waals surface area contributed by atoms with Gasteiger partial charge >= 0.3 is 0 Å². The zero-order valence-corrected chi connectivity index (χ0v) is 17.8. The molecule has 0 saturated heterocycles. The molecule has 0 radical (unpaired) electrons. The number of nitrogen functional groups attached to an aromatic ring is 2. The van der Waals surface area contributed by atoms with E-state index in [9.17, 15) is 0 Å². The molecule has 0 spiro atoms. The quantitative estimate of drug-likeness (QED) is 0.268. The van der Waals surface area contributed by atoms with E-state index >= 15 is 0 Å². The van der Waals surface area contributed by atoms with Crippen LogP contribution in [-0.2, 0) is 0 Å². The summed E-state index contributed by atoms with van der Waals surface area (Å²) in [5.74, 6) is 1.28. The molecule has 30 heavy (non-hydrogen) atoms. The first-order valence-corrected chi connectivity index (χ1v) is 12.0. The molecule has 2 nitrogen and oxygen atoms in total. The molecular formula is C28H32N2. The van der Waals surface area contributed by atoms with E-state index in [1.807, 2.05) is 6.07 Å². The molecule has 2 heteroatoms. The molecular weight excluding hydrogens is 364 g/mol. The van der Waals surface area contributed by atoms with E-state index < -0.39 is 0 Å². The van der Waals surface area contributed by atoms with Crippen LogP contribution in [0.5, 0.6) is 0 Å². The molecule has 6 rings (SSSR count). The van der Waals surface area contributed by atoms with Crippen molar-refractivity contribution in [2.45, 2.75) is 76.0 Å². The zero-order chi connectivity index (χ0) is 20.2. The predicted octanol–water partition coefficient (Wildman–Crippen LogP) is 7.84. The minimum Gasteiger partial charge on any atom is -0.398 e. The van der Waals surface area contributed by atoms with Crippen molar-refractivity contribution in [3.05, 3.63) is 47.5 Å². The van der Waals surface area contributed by atoms with Gasteiger partial charge in [-0.05, 0) is 76.3 Å². The van der Waals surface area contributed by atoms with Crippen molar-refractivity contribution in [3.63, 3.8) is 0 Å². The summed E-state index contributed by atoms with van der Waals surface area (Å²) in [7, 11) is 0. The van der Waals surface area contributed by atoms with Gasteiger partial charge in [-0.15, -0.1) is 0 Å². The summed E-state index contributed by atoms with van der Waals surface area (Å²) in [6.07, 6.45) is 13.4. The highest BCUT2D eigenvalue weighted by Crippen LogP contribution is 2.50. The molecule has 0 heterocycles. The molecule has 0 aliphatic heterocycles. The summed E-state index contributed by atoms with van der Waals surface area (Å²) < 4.78 is 0. The molecule has 2 fully saturated rings. The molecule has 4 aromatic rings. The maximum atomic E-state index is 7.07. The van der Waals surface area contributed by atoms with Gasteiger partial charge in [-0.2, -0.15) is 0 Å². The summed E-state index contributed by atoms with van der Waals surface area (Å²) in [5.41, 5.74) is 18.5. The Balaban J connectivity index is 1.74. The van der Waals surface area contributed by atoms with E-state index in [-0.39, 0.29) is 0 Å². The summed E-state index contributed by atoms with van der Waals surface area (Å²) in [6, 6.07) is 13.4. The third-order valence-electron chi connectivity index (χ3n) is 8.13. The second-order valence-electron chi connectivity index (χ2n) is 9.81. The smallest absolute Gasteiger partial charge is 0.0432 e. The molecule has 0 bridgehead atoms. The van der Waals surface area contributed by atoms with Gasteiger partial charge in [0.15, 0.2) is 0 Å². The highest BCUT2D eigenvalue weighted by Gasteiger charge is 2.29. The fourth-order valence-corrected chi connectivity index (χ4v) is 6.72. The zero-order valence-electron chi connectivity index (χ0n) is 17.8. The van der Waals surface area contributed by atoms with Crippen LogP contribution in [-0.4, -0.2) is 0 Å². The maximum Gasteiger partial charge on any atom is 0.0432 e. The lowest BCUT2D eigenvalue weighted by Crippen LogP contribution is -2.15. The highest BCUT2D eigenvalue weighted by molar-refractivity contribution is 6.28. The Morgan fingerprint density at radius 3 is 1.80 bits per heavy atom. The highest BCUT2D eigenvalue weighted by atomic mass is 14.6. The second-order valence-corrected chi connectivity index (χ2v) is 9.81. The van der Waals surface area contributed by atoms with Crippen molar-refractivity contribution in [2.24, 2.45) is 0 Å².